The van der Waals surface area contributed by atoms with E-state index in [9.17, 15) is 9.59 Å². The van der Waals surface area contributed by atoms with Crippen LogP contribution in [0.15, 0.2) is 12.3 Å². The smallest absolute Gasteiger partial charge is 0.255 e. The monoisotopic (exact) mass is 292 g/mol. The molecule has 0 aliphatic rings. The summed E-state index contributed by atoms with van der Waals surface area (Å²) in [6.45, 7) is 8.40. The van der Waals surface area contributed by atoms with Crippen LogP contribution in [0.3, 0.4) is 0 Å². The maximum absolute atomic E-state index is 12.2. The van der Waals surface area contributed by atoms with Gasteiger partial charge in [-0.3, -0.25) is 14.6 Å². The molecule has 0 saturated heterocycles. The van der Waals surface area contributed by atoms with E-state index in [4.69, 9.17) is 0 Å². The quantitative estimate of drug-likeness (QED) is 0.710. The molecular formula is C15H24N4O2. The Bertz CT molecular complexity index is 500. The maximum Gasteiger partial charge on any atom is 0.255 e. The normalized spacial score (nSPS) is 10.3. The van der Waals surface area contributed by atoms with Gasteiger partial charge in [-0.1, -0.05) is 6.92 Å². The average Bonchev–Trinajstić information content (AvgIpc) is 2.42. The van der Waals surface area contributed by atoms with Crippen molar-refractivity contribution in [3.63, 3.8) is 0 Å². The Morgan fingerprint density at radius 3 is 2.67 bits per heavy atom. The number of carbonyl (C=O) groups excluding carboxylic acids is 2. The molecule has 0 aliphatic heterocycles. The van der Waals surface area contributed by atoms with Crippen LogP contribution in [0.5, 0.6) is 0 Å². The molecule has 0 unspecified atom stereocenters. The van der Waals surface area contributed by atoms with Gasteiger partial charge in [0, 0.05) is 24.5 Å². The molecule has 116 valence electrons. The molecule has 0 bridgehead atoms. The number of pyridine rings is 1. The SMILES string of the molecule is CCCNc1cc(C)ncc1C(=O)NCC(=O)NC(C)C. The van der Waals surface area contributed by atoms with Crippen LogP contribution in [-0.2, 0) is 4.79 Å². The third-order valence-corrected chi connectivity index (χ3v) is 2.71. The van der Waals surface area contributed by atoms with E-state index in [0.29, 0.717) is 5.56 Å². The molecule has 6 nitrogen and oxygen atoms in total. The molecule has 1 aromatic heterocycles. The topological polar surface area (TPSA) is 83.1 Å². The molecular weight excluding hydrogens is 268 g/mol. The zero-order chi connectivity index (χ0) is 15.8. The summed E-state index contributed by atoms with van der Waals surface area (Å²) in [6.07, 6.45) is 2.49. The van der Waals surface area contributed by atoms with Crippen LogP contribution >= 0.6 is 0 Å². The van der Waals surface area contributed by atoms with Crippen LogP contribution in [-0.4, -0.2) is 35.9 Å². The van der Waals surface area contributed by atoms with Crippen molar-refractivity contribution in [2.45, 2.75) is 40.2 Å². The summed E-state index contributed by atoms with van der Waals surface area (Å²) in [6, 6.07) is 1.89. The second-order valence-electron chi connectivity index (χ2n) is 5.20. The Balaban J connectivity index is 2.70. The predicted molar refractivity (Wildman–Crippen MR) is 83.4 cm³/mol. The number of anilines is 1. The van der Waals surface area contributed by atoms with Gasteiger partial charge in [0.1, 0.15) is 0 Å². The molecule has 0 atom stereocenters. The van der Waals surface area contributed by atoms with E-state index in [1.807, 2.05) is 26.8 Å². The van der Waals surface area contributed by atoms with Crippen molar-refractivity contribution in [1.29, 1.82) is 0 Å². The van der Waals surface area contributed by atoms with Crippen molar-refractivity contribution in [3.8, 4) is 0 Å². The highest BCUT2D eigenvalue weighted by Crippen LogP contribution is 2.15. The van der Waals surface area contributed by atoms with Gasteiger partial charge < -0.3 is 16.0 Å². The van der Waals surface area contributed by atoms with Crippen molar-refractivity contribution in [2.24, 2.45) is 0 Å². The predicted octanol–water partition coefficient (Wildman–Crippen LogP) is 1.47. The first-order chi connectivity index (χ1) is 9.93. The van der Waals surface area contributed by atoms with Gasteiger partial charge >= 0.3 is 0 Å². The second-order valence-corrected chi connectivity index (χ2v) is 5.20. The van der Waals surface area contributed by atoms with Crippen molar-refractivity contribution >= 4 is 17.5 Å². The van der Waals surface area contributed by atoms with Gasteiger partial charge in [-0.2, -0.15) is 0 Å². The Morgan fingerprint density at radius 2 is 2.05 bits per heavy atom. The summed E-state index contributed by atoms with van der Waals surface area (Å²) in [5.74, 6) is -0.513. The second kappa shape index (κ2) is 8.24. The first kappa shape index (κ1) is 16.9. The van der Waals surface area contributed by atoms with Crippen molar-refractivity contribution in [1.82, 2.24) is 15.6 Å². The summed E-state index contributed by atoms with van der Waals surface area (Å²) in [5.41, 5.74) is 2.03. The summed E-state index contributed by atoms with van der Waals surface area (Å²) in [5, 5.41) is 8.54. The van der Waals surface area contributed by atoms with E-state index < -0.39 is 0 Å². The summed E-state index contributed by atoms with van der Waals surface area (Å²) < 4.78 is 0. The van der Waals surface area contributed by atoms with Crippen LogP contribution in [0.25, 0.3) is 0 Å². The molecule has 0 saturated carbocycles. The Morgan fingerprint density at radius 1 is 1.33 bits per heavy atom. The number of aryl methyl sites for hydroxylation is 1. The van der Waals surface area contributed by atoms with Gasteiger partial charge in [0.15, 0.2) is 0 Å². The standard InChI is InChI=1S/C15H24N4O2/c1-5-6-16-13-7-11(4)17-8-12(13)15(21)18-9-14(20)19-10(2)3/h7-8,10H,5-6,9H2,1-4H3,(H,16,17)(H,18,21)(H,19,20). The fraction of sp³-hybridized carbons (Fsp3) is 0.533. The van der Waals surface area contributed by atoms with Crippen molar-refractivity contribution in [2.75, 3.05) is 18.4 Å². The molecule has 1 rings (SSSR count). The minimum atomic E-state index is -0.306. The largest absolute Gasteiger partial charge is 0.384 e. The highest BCUT2D eigenvalue weighted by molar-refractivity contribution is 6.00. The van der Waals surface area contributed by atoms with Crippen LogP contribution in [0.4, 0.5) is 5.69 Å². The highest BCUT2D eigenvalue weighted by atomic mass is 16.2. The first-order valence-corrected chi connectivity index (χ1v) is 7.22. The van der Waals surface area contributed by atoms with Gasteiger partial charge in [-0.05, 0) is 33.3 Å². The first-order valence-electron chi connectivity index (χ1n) is 7.22. The molecule has 3 N–H and O–H groups in total. The summed E-state index contributed by atoms with van der Waals surface area (Å²) in [4.78, 5) is 27.8. The number of rotatable bonds is 7. The molecule has 0 aliphatic carbocycles. The Labute approximate surface area is 125 Å². The maximum atomic E-state index is 12.2. The number of nitrogens with zero attached hydrogens (tertiary/aromatic N) is 1. The number of nitrogens with one attached hydrogen (secondary N) is 3. The lowest BCUT2D eigenvalue weighted by atomic mass is 10.2. The van der Waals surface area contributed by atoms with Crippen LogP contribution < -0.4 is 16.0 Å². The van der Waals surface area contributed by atoms with Gasteiger partial charge in [0.05, 0.1) is 17.8 Å². The molecule has 1 aromatic rings. The van der Waals surface area contributed by atoms with Gasteiger partial charge in [-0.25, -0.2) is 0 Å². The third-order valence-electron chi connectivity index (χ3n) is 2.71. The van der Waals surface area contributed by atoms with Gasteiger partial charge in [-0.15, -0.1) is 0 Å². The van der Waals surface area contributed by atoms with E-state index in [2.05, 4.69) is 27.9 Å². The molecule has 2 amide bonds. The van der Waals surface area contributed by atoms with E-state index in [-0.39, 0.29) is 24.4 Å². The molecule has 0 aromatic carbocycles. The molecule has 0 radical (unpaired) electrons. The van der Waals surface area contributed by atoms with Crippen LogP contribution in [0.1, 0.15) is 43.2 Å². The van der Waals surface area contributed by atoms with Crippen LogP contribution in [0.2, 0.25) is 0 Å². The lowest BCUT2D eigenvalue weighted by Crippen LogP contribution is -2.40. The highest BCUT2D eigenvalue weighted by Gasteiger charge is 2.13. The molecule has 21 heavy (non-hydrogen) atoms. The fourth-order valence-corrected chi connectivity index (χ4v) is 1.78. The lowest BCUT2D eigenvalue weighted by molar-refractivity contribution is -0.120. The van der Waals surface area contributed by atoms with E-state index in [1.165, 1.54) is 6.20 Å². The van der Waals surface area contributed by atoms with Crippen LogP contribution in [0, 0.1) is 6.92 Å². The summed E-state index contributed by atoms with van der Waals surface area (Å²) in [7, 11) is 0. The number of aromatic nitrogens is 1. The number of carbonyl (C=O) groups is 2. The third kappa shape index (κ3) is 5.81. The number of hydrogen-bond donors (Lipinski definition) is 3. The number of hydrogen-bond acceptors (Lipinski definition) is 4. The summed E-state index contributed by atoms with van der Waals surface area (Å²) >= 11 is 0. The molecule has 0 fully saturated rings. The van der Waals surface area contributed by atoms with E-state index >= 15 is 0 Å². The minimum absolute atomic E-state index is 0.0435. The Hall–Kier alpha value is -2.11. The molecule has 1 heterocycles. The zero-order valence-electron chi connectivity index (χ0n) is 13.1. The number of amides is 2. The van der Waals surface area contributed by atoms with Gasteiger partial charge in [0.25, 0.3) is 5.91 Å². The van der Waals surface area contributed by atoms with E-state index in [1.54, 1.807) is 0 Å². The molecule has 0 spiro atoms. The van der Waals surface area contributed by atoms with Gasteiger partial charge in [0.2, 0.25) is 5.91 Å². The zero-order valence-corrected chi connectivity index (χ0v) is 13.1. The van der Waals surface area contributed by atoms with E-state index in [0.717, 1.165) is 24.3 Å². The van der Waals surface area contributed by atoms with Crippen molar-refractivity contribution in [3.05, 3.63) is 23.5 Å². The lowest BCUT2D eigenvalue weighted by Gasteiger charge is -2.13. The fourth-order valence-electron chi connectivity index (χ4n) is 1.78. The molecule has 6 heteroatoms. The minimum Gasteiger partial charge on any atom is -0.384 e. The van der Waals surface area contributed by atoms with Crippen molar-refractivity contribution < 1.29 is 9.59 Å². The average molecular weight is 292 g/mol. The Kier molecular flexibility index (Phi) is 6.65.